The first-order chi connectivity index (χ1) is 20.5. The fourth-order valence-corrected chi connectivity index (χ4v) is 5.00. The Balaban J connectivity index is 1.40. The van der Waals surface area contributed by atoms with Gasteiger partial charge in [-0.1, -0.05) is 60.1 Å². The van der Waals surface area contributed by atoms with Crippen molar-refractivity contribution in [2.24, 2.45) is 0 Å². The predicted octanol–water partition coefficient (Wildman–Crippen LogP) is 5.00. The third kappa shape index (κ3) is 7.36. The first-order valence-electron chi connectivity index (χ1n) is 14.0. The SMILES string of the molecule is CCOc1cccc(-n2cc(-c3ccccc3)nc2NC(=O)CN(CCN2CCOCC2)C(=O)c2ccccc2Cl)c1. The van der Waals surface area contributed by atoms with Gasteiger partial charge in [-0.05, 0) is 31.2 Å². The van der Waals surface area contributed by atoms with Crippen molar-refractivity contribution in [2.75, 3.05) is 57.9 Å². The van der Waals surface area contributed by atoms with Crippen LogP contribution in [-0.4, -0.2) is 83.7 Å². The number of carbonyl (C=O) groups is 2. The van der Waals surface area contributed by atoms with Gasteiger partial charge < -0.3 is 14.4 Å². The third-order valence-corrected chi connectivity index (χ3v) is 7.28. The highest BCUT2D eigenvalue weighted by Crippen LogP contribution is 2.26. The van der Waals surface area contributed by atoms with E-state index in [1.54, 1.807) is 24.3 Å². The van der Waals surface area contributed by atoms with Gasteiger partial charge in [0, 0.05) is 44.0 Å². The molecule has 1 aliphatic heterocycles. The summed E-state index contributed by atoms with van der Waals surface area (Å²) in [5.41, 5.74) is 2.74. The van der Waals surface area contributed by atoms with Gasteiger partial charge in [-0.3, -0.25) is 24.4 Å². The molecule has 4 aromatic rings. The fourth-order valence-electron chi connectivity index (χ4n) is 4.78. The number of hydrogen-bond acceptors (Lipinski definition) is 6. The molecule has 9 nitrogen and oxygen atoms in total. The lowest BCUT2D eigenvalue weighted by Gasteiger charge is -2.30. The minimum atomic E-state index is -0.371. The van der Waals surface area contributed by atoms with Gasteiger partial charge in [0.1, 0.15) is 12.3 Å². The lowest BCUT2D eigenvalue weighted by molar-refractivity contribution is -0.117. The number of imidazole rings is 1. The highest BCUT2D eigenvalue weighted by Gasteiger charge is 2.23. The molecule has 2 heterocycles. The van der Waals surface area contributed by atoms with Crippen LogP contribution >= 0.6 is 11.6 Å². The molecule has 1 aliphatic rings. The van der Waals surface area contributed by atoms with Crippen LogP contribution < -0.4 is 10.1 Å². The van der Waals surface area contributed by atoms with E-state index >= 15 is 0 Å². The Labute approximate surface area is 250 Å². The van der Waals surface area contributed by atoms with E-state index < -0.39 is 0 Å². The summed E-state index contributed by atoms with van der Waals surface area (Å²) in [5, 5.41) is 3.30. The van der Waals surface area contributed by atoms with Crippen molar-refractivity contribution in [2.45, 2.75) is 6.92 Å². The van der Waals surface area contributed by atoms with Crippen LogP contribution in [0.2, 0.25) is 5.02 Å². The van der Waals surface area contributed by atoms with Crippen LogP contribution in [0, 0.1) is 0 Å². The molecule has 0 bridgehead atoms. The topological polar surface area (TPSA) is 88.9 Å². The lowest BCUT2D eigenvalue weighted by atomic mass is 10.2. The first kappa shape index (κ1) is 29.3. The zero-order valence-corrected chi connectivity index (χ0v) is 24.3. The number of aromatic nitrogens is 2. The lowest BCUT2D eigenvalue weighted by Crippen LogP contribution is -2.45. The van der Waals surface area contributed by atoms with Crippen molar-refractivity contribution < 1.29 is 19.1 Å². The molecule has 0 spiro atoms. The molecule has 1 saturated heterocycles. The maximum Gasteiger partial charge on any atom is 0.255 e. The molecule has 2 amide bonds. The molecule has 3 aromatic carbocycles. The average Bonchev–Trinajstić information content (AvgIpc) is 3.44. The predicted molar refractivity (Wildman–Crippen MR) is 163 cm³/mol. The number of rotatable bonds is 11. The number of carbonyl (C=O) groups excluding carboxylic acids is 2. The highest BCUT2D eigenvalue weighted by molar-refractivity contribution is 6.33. The van der Waals surface area contributed by atoms with Gasteiger partial charge >= 0.3 is 0 Å². The average molecular weight is 588 g/mol. The Morgan fingerprint density at radius 3 is 2.55 bits per heavy atom. The normalized spacial score (nSPS) is 13.5. The maximum atomic E-state index is 13.6. The summed E-state index contributed by atoms with van der Waals surface area (Å²) < 4.78 is 13.0. The molecule has 0 saturated carbocycles. The number of nitrogens with one attached hydrogen (secondary N) is 1. The molecule has 10 heteroatoms. The van der Waals surface area contributed by atoms with E-state index in [9.17, 15) is 9.59 Å². The van der Waals surface area contributed by atoms with E-state index in [4.69, 9.17) is 26.1 Å². The summed E-state index contributed by atoms with van der Waals surface area (Å²) in [5.74, 6) is 0.374. The van der Waals surface area contributed by atoms with Gasteiger partial charge in [0.2, 0.25) is 11.9 Å². The number of ether oxygens (including phenoxy) is 2. The fraction of sp³-hybridized carbons (Fsp3) is 0.281. The summed E-state index contributed by atoms with van der Waals surface area (Å²) in [6.07, 6.45) is 1.88. The largest absolute Gasteiger partial charge is 0.494 e. The number of anilines is 1. The molecule has 1 fully saturated rings. The van der Waals surface area contributed by atoms with Crippen molar-refractivity contribution in [1.82, 2.24) is 19.4 Å². The van der Waals surface area contributed by atoms with Crippen molar-refractivity contribution in [3.05, 3.63) is 95.6 Å². The molecular weight excluding hydrogens is 554 g/mol. The zero-order chi connectivity index (χ0) is 29.3. The van der Waals surface area contributed by atoms with E-state index in [0.717, 1.165) is 24.3 Å². The summed E-state index contributed by atoms with van der Waals surface area (Å²) >= 11 is 6.36. The molecule has 0 atom stereocenters. The second kappa shape index (κ2) is 14.1. The number of benzene rings is 3. The van der Waals surface area contributed by atoms with Crippen LogP contribution in [0.25, 0.3) is 16.9 Å². The molecule has 1 aromatic heterocycles. The van der Waals surface area contributed by atoms with Crippen LogP contribution in [0.1, 0.15) is 17.3 Å². The maximum absolute atomic E-state index is 13.6. The number of nitrogens with zero attached hydrogens (tertiary/aromatic N) is 4. The van der Waals surface area contributed by atoms with Crippen LogP contribution in [0.15, 0.2) is 85.1 Å². The van der Waals surface area contributed by atoms with Crippen molar-refractivity contribution in [3.8, 4) is 22.7 Å². The minimum absolute atomic E-state index is 0.166. The van der Waals surface area contributed by atoms with Crippen LogP contribution in [-0.2, 0) is 9.53 Å². The highest BCUT2D eigenvalue weighted by atomic mass is 35.5. The van der Waals surface area contributed by atoms with Gasteiger partial charge in [0.05, 0.1) is 41.8 Å². The summed E-state index contributed by atoms with van der Waals surface area (Å²) in [7, 11) is 0. The molecule has 42 heavy (non-hydrogen) atoms. The molecule has 0 aliphatic carbocycles. The van der Waals surface area contributed by atoms with Crippen LogP contribution in [0.4, 0.5) is 5.95 Å². The van der Waals surface area contributed by atoms with Crippen molar-refractivity contribution in [1.29, 1.82) is 0 Å². The zero-order valence-electron chi connectivity index (χ0n) is 23.5. The number of halogens is 1. The Kier molecular flexibility index (Phi) is 9.86. The third-order valence-electron chi connectivity index (χ3n) is 6.95. The summed E-state index contributed by atoms with van der Waals surface area (Å²) in [4.78, 5) is 35.6. The Morgan fingerprint density at radius 2 is 1.79 bits per heavy atom. The van der Waals surface area contributed by atoms with Crippen LogP contribution in [0.5, 0.6) is 5.75 Å². The van der Waals surface area contributed by atoms with Crippen molar-refractivity contribution >= 4 is 29.4 Å². The quantitative estimate of drug-likeness (QED) is 0.266. The molecule has 5 rings (SSSR count). The minimum Gasteiger partial charge on any atom is -0.494 e. The van der Waals surface area contributed by atoms with Gasteiger partial charge in [-0.25, -0.2) is 4.98 Å². The second-order valence-electron chi connectivity index (χ2n) is 9.82. The van der Waals surface area contributed by atoms with Gasteiger partial charge in [-0.15, -0.1) is 0 Å². The molecular formula is C32H34ClN5O4. The van der Waals surface area contributed by atoms with Crippen molar-refractivity contribution in [3.63, 3.8) is 0 Å². The number of morpholine rings is 1. The Morgan fingerprint density at radius 1 is 1.02 bits per heavy atom. The second-order valence-corrected chi connectivity index (χ2v) is 10.2. The monoisotopic (exact) mass is 587 g/mol. The summed E-state index contributed by atoms with van der Waals surface area (Å²) in [6.45, 7) is 6.12. The molecule has 218 valence electrons. The number of amides is 2. The van der Waals surface area contributed by atoms with Crippen LogP contribution in [0.3, 0.4) is 0 Å². The van der Waals surface area contributed by atoms with E-state index in [-0.39, 0.29) is 18.4 Å². The van der Waals surface area contributed by atoms with E-state index in [2.05, 4.69) is 10.2 Å². The molecule has 0 unspecified atom stereocenters. The first-order valence-corrected chi connectivity index (χ1v) is 14.4. The number of hydrogen-bond donors (Lipinski definition) is 1. The smallest absolute Gasteiger partial charge is 0.255 e. The molecule has 0 radical (unpaired) electrons. The van der Waals surface area contributed by atoms with Gasteiger partial charge in [-0.2, -0.15) is 0 Å². The summed E-state index contributed by atoms with van der Waals surface area (Å²) in [6, 6.07) is 24.2. The van der Waals surface area contributed by atoms with E-state index in [1.165, 1.54) is 4.90 Å². The Bertz CT molecular complexity index is 1500. The standard InChI is InChI=1S/C32H34ClN5O4/c1-2-42-26-12-8-11-25(21-26)38-22-29(24-9-4-3-5-10-24)34-32(38)35-30(39)23-37(16-15-36-17-19-41-20-18-36)31(40)27-13-6-7-14-28(27)33/h3-14,21-22H,2,15-20,23H2,1H3,(H,34,35,39). The van der Waals surface area contributed by atoms with E-state index in [0.29, 0.717) is 60.9 Å². The van der Waals surface area contributed by atoms with Gasteiger partial charge in [0.25, 0.3) is 5.91 Å². The van der Waals surface area contributed by atoms with E-state index in [1.807, 2.05) is 72.3 Å². The molecule has 1 N–H and O–H groups in total. The Hall–Kier alpha value is -4.18. The van der Waals surface area contributed by atoms with Gasteiger partial charge in [0.15, 0.2) is 0 Å².